The van der Waals surface area contributed by atoms with E-state index in [0.29, 0.717) is 0 Å². The van der Waals surface area contributed by atoms with Gasteiger partial charge in [-0.1, -0.05) is 97.3 Å². The standard InChI is InChI=1S/C32H50N2O/c1-3-5-7-8-9-11-13-27-16-18-28(19-17-27)15-12-24-35-31-22-20-30(21-23-31)32-33-25-29(26-34-32)14-10-6-4-2/h20-23,25-28H,3-19,24H2,1-2H3. The molecule has 0 amide bonds. The van der Waals surface area contributed by atoms with E-state index in [-0.39, 0.29) is 0 Å². The van der Waals surface area contributed by atoms with Gasteiger partial charge in [-0.3, -0.25) is 0 Å². The van der Waals surface area contributed by atoms with Crippen molar-refractivity contribution in [1.29, 1.82) is 0 Å². The highest BCUT2D eigenvalue weighted by Gasteiger charge is 2.20. The molecule has 3 rings (SSSR count). The van der Waals surface area contributed by atoms with Crippen LogP contribution < -0.4 is 4.74 Å². The van der Waals surface area contributed by atoms with Gasteiger partial charge in [0.05, 0.1) is 6.61 Å². The Labute approximate surface area is 215 Å². The molecule has 194 valence electrons. The van der Waals surface area contributed by atoms with E-state index in [4.69, 9.17) is 4.74 Å². The Hall–Kier alpha value is -1.90. The number of nitrogens with zero attached hydrogens (tertiary/aromatic N) is 2. The van der Waals surface area contributed by atoms with Crippen molar-refractivity contribution in [3.05, 3.63) is 42.2 Å². The summed E-state index contributed by atoms with van der Waals surface area (Å²) in [5, 5.41) is 0. The molecule has 3 heteroatoms. The quantitative estimate of drug-likeness (QED) is 0.212. The Morgan fingerprint density at radius 2 is 1.26 bits per heavy atom. The van der Waals surface area contributed by atoms with Crippen LogP contribution in [0.5, 0.6) is 5.75 Å². The number of aryl methyl sites for hydroxylation is 1. The third-order valence-corrected chi connectivity index (χ3v) is 7.84. The van der Waals surface area contributed by atoms with Crippen LogP contribution in [0.1, 0.15) is 122 Å². The van der Waals surface area contributed by atoms with Crippen LogP contribution in [0.25, 0.3) is 11.4 Å². The lowest BCUT2D eigenvalue weighted by molar-refractivity contribution is 0.228. The Morgan fingerprint density at radius 3 is 1.91 bits per heavy atom. The molecule has 1 saturated carbocycles. The summed E-state index contributed by atoms with van der Waals surface area (Å²) < 4.78 is 6.04. The first kappa shape index (κ1) is 27.7. The number of aromatic nitrogens is 2. The normalized spacial score (nSPS) is 18.0. The molecular formula is C32H50N2O. The van der Waals surface area contributed by atoms with E-state index in [1.807, 2.05) is 12.4 Å². The first-order chi connectivity index (χ1) is 17.3. The maximum absolute atomic E-state index is 6.04. The summed E-state index contributed by atoms with van der Waals surface area (Å²) in [6.45, 7) is 5.35. The van der Waals surface area contributed by atoms with Gasteiger partial charge in [-0.15, -0.1) is 0 Å². The second kappa shape index (κ2) is 16.7. The van der Waals surface area contributed by atoms with Crippen LogP contribution in [0.15, 0.2) is 36.7 Å². The van der Waals surface area contributed by atoms with Crippen molar-refractivity contribution in [3.8, 4) is 17.1 Å². The van der Waals surface area contributed by atoms with Gasteiger partial charge in [0.1, 0.15) is 5.75 Å². The topological polar surface area (TPSA) is 35.0 Å². The van der Waals surface area contributed by atoms with Gasteiger partial charge < -0.3 is 4.74 Å². The van der Waals surface area contributed by atoms with Crippen molar-refractivity contribution in [3.63, 3.8) is 0 Å². The number of ether oxygens (including phenoxy) is 1. The highest BCUT2D eigenvalue weighted by molar-refractivity contribution is 5.55. The van der Waals surface area contributed by atoms with Crippen LogP contribution in [0.4, 0.5) is 0 Å². The zero-order valence-corrected chi connectivity index (χ0v) is 22.6. The fraction of sp³-hybridized carbons (Fsp3) is 0.688. The van der Waals surface area contributed by atoms with Crippen molar-refractivity contribution >= 4 is 0 Å². The molecule has 0 atom stereocenters. The van der Waals surface area contributed by atoms with Gasteiger partial charge in [0.2, 0.25) is 0 Å². The van der Waals surface area contributed by atoms with Crippen LogP contribution in [-0.2, 0) is 6.42 Å². The lowest BCUT2D eigenvalue weighted by Crippen LogP contribution is -2.15. The second-order valence-electron chi connectivity index (χ2n) is 10.8. The minimum absolute atomic E-state index is 0.794. The molecule has 2 aromatic rings. The van der Waals surface area contributed by atoms with Crippen molar-refractivity contribution in [2.24, 2.45) is 11.8 Å². The molecule has 0 saturated heterocycles. The molecule has 1 heterocycles. The summed E-state index contributed by atoms with van der Waals surface area (Å²) in [6.07, 6.45) is 27.1. The highest BCUT2D eigenvalue weighted by atomic mass is 16.5. The van der Waals surface area contributed by atoms with Crippen LogP contribution in [-0.4, -0.2) is 16.6 Å². The van der Waals surface area contributed by atoms with Gasteiger partial charge in [0.25, 0.3) is 0 Å². The van der Waals surface area contributed by atoms with Gasteiger partial charge in [-0.2, -0.15) is 0 Å². The first-order valence-corrected chi connectivity index (χ1v) is 14.8. The Balaban J connectivity index is 1.26. The summed E-state index contributed by atoms with van der Waals surface area (Å²) in [5.41, 5.74) is 2.28. The van der Waals surface area contributed by atoms with E-state index in [2.05, 4.69) is 48.1 Å². The maximum Gasteiger partial charge on any atom is 0.159 e. The Bertz CT molecular complexity index is 778. The summed E-state index contributed by atoms with van der Waals surface area (Å²) in [5.74, 6) is 3.67. The van der Waals surface area contributed by atoms with Crippen LogP contribution in [0.2, 0.25) is 0 Å². The minimum Gasteiger partial charge on any atom is -0.494 e. The number of benzene rings is 1. The monoisotopic (exact) mass is 478 g/mol. The van der Waals surface area contributed by atoms with E-state index < -0.39 is 0 Å². The van der Waals surface area contributed by atoms with Gasteiger partial charge in [-0.05, 0) is 67.3 Å². The maximum atomic E-state index is 6.04. The average molecular weight is 479 g/mol. The first-order valence-electron chi connectivity index (χ1n) is 14.8. The molecule has 0 aliphatic heterocycles. The van der Waals surface area contributed by atoms with Crippen LogP contribution in [0.3, 0.4) is 0 Å². The SMILES string of the molecule is CCCCCCCCC1CCC(CCCOc2ccc(-c3ncc(CCCCC)cn3)cc2)CC1. The highest BCUT2D eigenvalue weighted by Crippen LogP contribution is 2.34. The number of unbranched alkanes of at least 4 members (excludes halogenated alkanes) is 7. The molecule has 3 nitrogen and oxygen atoms in total. The van der Waals surface area contributed by atoms with Crippen molar-refractivity contribution < 1.29 is 4.74 Å². The van der Waals surface area contributed by atoms with Gasteiger partial charge in [0, 0.05) is 18.0 Å². The smallest absolute Gasteiger partial charge is 0.159 e. The van der Waals surface area contributed by atoms with E-state index in [0.717, 1.165) is 48.4 Å². The number of rotatable bonds is 17. The number of hydrogen-bond donors (Lipinski definition) is 0. The molecule has 1 aliphatic rings. The molecule has 0 radical (unpaired) electrons. The Kier molecular flexibility index (Phi) is 13.2. The van der Waals surface area contributed by atoms with E-state index in [1.54, 1.807) is 0 Å². The van der Waals surface area contributed by atoms with E-state index in [1.165, 1.54) is 102 Å². The van der Waals surface area contributed by atoms with Crippen molar-refractivity contribution in [2.45, 2.75) is 123 Å². The molecule has 1 aromatic heterocycles. The fourth-order valence-corrected chi connectivity index (χ4v) is 5.50. The molecule has 0 unspecified atom stereocenters. The van der Waals surface area contributed by atoms with Crippen LogP contribution in [0, 0.1) is 11.8 Å². The fourth-order valence-electron chi connectivity index (χ4n) is 5.50. The molecule has 0 N–H and O–H groups in total. The summed E-state index contributed by atoms with van der Waals surface area (Å²) in [6, 6.07) is 8.27. The summed E-state index contributed by atoms with van der Waals surface area (Å²) in [7, 11) is 0. The zero-order chi connectivity index (χ0) is 24.6. The van der Waals surface area contributed by atoms with Crippen molar-refractivity contribution in [2.75, 3.05) is 6.61 Å². The second-order valence-corrected chi connectivity index (χ2v) is 10.8. The third kappa shape index (κ3) is 10.7. The summed E-state index contributed by atoms with van der Waals surface area (Å²) >= 11 is 0. The molecule has 1 aromatic carbocycles. The van der Waals surface area contributed by atoms with Crippen LogP contribution >= 0.6 is 0 Å². The average Bonchev–Trinajstić information content (AvgIpc) is 2.90. The Morgan fingerprint density at radius 1 is 0.686 bits per heavy atom. The van der Waals surface area contributed by atoms with Gasteiger partial charge in [0.15, 0.2) is 5.82 Å². The molecular weight excluding hydrogens is 428 g/mol. The molecule has 0 spiro atoms. The molecule has 0 bridgehead atoms. The third-order valence-electron chi connectivity index (χ3n) is 7.84. The zero-order valence-electron chi connectivity index (χ0n) is 22.6. The number of hydrogen-bond acceptors (Lipinski definition) is 3. The molecule has 1 fully saturated rings. The minimum atomic E-state index is 0.794. The predicted octanol–water partition coefficient (Wildman–Crippen LogP) is 9.59. The lowest BCUT2D eigenvalue weighted by atomic mass is 9.78. The molecule has 1 aliphatic carbocycles. The predicted molar refractivity (Wildman–Crippen MR) is 149 cm³/mol. The molecule has 35 heavy (non-hydrogen) atoms. The lowest BCUT2D eigenvalue weighted by Gasteiger charge is -2.28. The van der Waals surface area contributed by atoms with E-state index in [9.17, 15) is 0 Å². The van der Waals surface area contributed by atoms with Crippen molar-refractivity contribution in [1.82, 2.24) is 9.97 Å². The van der Waals surface area contributed by atoms with Gasteiger partial charge >= 0.3 is 0 Å². The largest absolute Gasteiger partial charge is 0.494 e. The van der Waals surface area contributed by atoms with Gasteiger partial charge in [-0.25, -0.2) is 9.97 Å². The summed E-state index contributed by atoms with van der Waals surface area (Å²) in [4.78, 5) is 9.14. The van der Waals surface area contributed by atoms with E-state index >= 15 is 0 Å².